The standard InChI is InChI=1S/C16H25NO4/c1-4-21-12-10-16(14(19)20,15(12,2)3)17-13(18)9-11-7-5-6-8-11/h5,7,11-12H,4,6,8-10H2,1-3H3,(H,17,18)(H,19,20). The number of carboxylic acids is 1. The molecule has 2 N–H and O–H groups in total. The molecule has 0 aromatic heterocycles. The van der Waals surface area contributed by atoms with Gasteiger partial charge >= 0.3 is 5.97 Å². The molecule has 1 saturated carbocycles. The van der Waals surface area contributed by atoms with Crippen LogP contribution in [-0.2, 0) is 14.3 Å². The largest absolute Gasteiger partial charge is 0.479 e. The minimum Gasteiger partial charge on any atom is -0.479 e. The van der Waals surface area contributed by atoms with Crippen molar-refractivity contribution in [3.8, 4) is 0 Å². The zero-order chi connectivity index (χ0) is 15.7. The van der Waals surface area contributed by atoms with Gasteiger partial charge in [0.25, 0.3) is 0 Å². The third-order valence-electron chi connectivity index (χ3n) is 5.04. The number of carbonyl (C=O) groups is 2. The molecule has 2 aliphatic rings. The van der Waals surface area contributed by atoms with E-state index in [1.165, 1.54) is 0 Å². The van der Waals surface area contributed by atoms with Crippen molar-refractivity contribution in [3.63, 3.8) is 0 Å². The zero-order valence-corrected chi connectivity index (χ0v) is 13.0. The molecule has 1 fully saturated rings. The van der Waals surface area contributed by atoms with E-state index < -0.39 is 16.9 Å². The van der Waals surface area contributed by atoms with Crippen LogP contribution in [0.15, 0.2) is 12.2 Å². The molecule has 0 saturated heterocycles. The van der Waals surface area contributed by atoms with Crippen molar-refractivity contribution in [1.29, 1.82) is 0 Å². The second-order valence-electron chi connectivity index (χ2n) is 6.60. The minimum atomic E-state index is -1.22. The van der Waals surface area contributed by atoms with E-state index in [1.807, 2.05) is 26.8 Å². The van der Waals surface area contributed by atoms with Crippen molar-refractivity contribution in [1.82, 2.24) is 5.32 Å². The van der Waals surface area contributed by atoms with Gasteiger partial charge in [-0.3, -0.25) is 4.79 Å². The third kappa shape index (κ3) is 2.71. The summed E-state index contributed by atoms with van der Waals surface area (Å²) in [7, 11) is 0. The van der Waals surface area contributed by atoms with E-state index >= 15 is 0 Å². The fourth-order valence-electron chi connectivity index (χ4n) is 3.43. The van der Waals surface area contributed by atoms with Crippen molar-refractivity contribution in [2.24, 2.45) is 11.3 Å². The monoisotopic (exact) mass is 295 g/mol. The van der Waals surface area contributed by atoms with Gasteiger partial charge in [-0.15, -0.1) is 0 Å². The summed E-state index contributed by atoms with van der Waals surface area (Å²) in [4.78, 5) is 24.0. The predicted octanol–water partition coefficient (Wildman–Crippen LogP) is 2.12. The first kappa shape index (κ1) is 16.0. The topological polar surface area (TPSA) is 75.6 Å². The molecule has 0 spiro atoms. The Hall–Kier alpha value is -1.36. The van der Waals surface area contributed by atoms with Crippen LogP contribution in [0, 0.1) is 11.3 Å². The number of hydrogen-bond donors (Lipinski definition) is 2. The fourth-order valence-corrected chi connectivity index (χ4v) is 3.43. The molecule has 0 aromatic rings. The molecule has 5 nitrogen and oxygen atoms in total. The van der Waals surface area contributed by atoms with Gasteiger partial charge in [0.05, 0.1) is 6.10 Å². The predicted molar refractivity (Wildman–Crippen MR) is 78.8 cm³/mol. The Morgan fingerprint density at radius 2 is 2.14 bits per heavy atom. The first-order valence-electron chi connectivity index (χ1n) is 7.66. The maximum Gasteiger partial charge on any atom is 0.330 e. The molecule has 2 rings (SSSR count). The van der Waals surface area contributed by atoms with Crippen LogP contribution < -0.4 is 5.32 Å². The second-order valence-corrected chi connectivity index (χ2v) is 6.60. The smallest absolute Gasteiger partial charge is 0.330 e. The minimum absolute atomic E-state index is 0.134. The molecule has 2 aliphatic carbocycles. The average molecular weight is 295 g/mol. The zero-order valence-electron chi connectivity index (χ0n) is 13.0. The van der Waals surface area contributed by atoms with E-state index in [-0.39, 0.29) is 17.9 Å². The van der Waals surface area contributed by atoms with E-state index in [4.69, 9.17) is 4.74 Å². The summed E-state index contributed by atoms with van der Waals surface area (Å²) in [5.74, 6) is -0.919. The molecule has 1 amide bonds. The first-order chi connectivity index (χ1) is 9.83. The average Bonchev–Trinajstić information content (AvgIpc) is 2.89. The molecule has 0 radical (unpaired) electrons. The van der Waals surface area contributed by atoms with Gasteiger partial charge in [0, 0.05) is 24.9 Å². The third-order valence-corrected chi connectivity index (χ3v) is 5.04. The van der Waals surface area contributed by atoms with Crippen molar-refractivity contribution in [2.45, 2.75) is 58.1 Å². The number of carboxylic acid groups (broad SMARTS) is 1. The highest BCUT2D eigenvalue weighted by Gasteiger charge is 2.66. The SMILES string of the molecule is CCOC1CC(NC(=O)CC2C=CCC2)(C(=O)O)C1(C)C. The Morgan fingerprint density at radius 1 is 1.43 bits per heavy atom. The molecule has 118 valence electrons. The molecule has 0 aliphatic heterocycles. The van der Waals surface area contributed by atoms with Gasteiger partial charge in [0.15, 0.2) is 0 Å². The van der Waals surface area contributed by atoms with Crippen LogP contribution in [-0.4, -0.2) is 35.2 Å². The summed E-state index contributed by atoms with van der Waals surface area (Å²) in [6.45, 7) is 6.13. The van der Waals surface area contributed by atoms with E-state index in [9.17, 15) is 14.7 Å². The Bertz CT molecular complexity index is 457. The van der Waals surface area contributed by atoms with Crippen LogP contribution in [0.4, 0.5) is 0 Å². The van der Waals surface area contributed by atoms with Gasteiger partial charge in [-0.05, 0) is 25.7 Å². The van der Waals surface area contributed by atoms with Crippen molar-refractivity contribution in [3.05, 3.63) is 12.2 Å². The lowest BCUT2D eigenvalue weighted by Crippen LogP contribution is -2.76. The lowest BCUT2D eigenvalue weighted by atomic mass is 9.54. The summed E-state index contributed by atoms with van der Waals surface area (Å²) in [6.07, 6.45) is 6.64. The molecule has 0 aromatic carbocycles. The molecule has 3 atom stereocenters. The normalized spacial score (nSPS) is 33.5. The Balaban J connectivity index is 2.04. The Labute approximate surface area is 125 Å². The van der Waals surface area contributed by atoms with Gasteiger partial charge in [-0.1, -0.05) is 26.0 Å². The number of ether oxygens (including phenoxy) is 1. The van der Waals surface area contributed by atoms with E-state index in [2.05, 4.69) is 11.4 Å². The second kappa shape index (κ2) is 5.79. The number of rotatable bonds is 6. The molecule has 0 heterocycles. The van der Waals surface area contributed by atoms with Gasteiger partial charge in [0.2, 0.25) is 5.91 Å². The maximum absolute atomic E-state index is 12.2. The Kier molecular flexibility index (Phi) is 4.42. The number of allylic oxidation sites excluding steroid dienone is 2. The maximum atomic E-state index is 12.2. The number of amides is 1. The summed E-state index contributed by atoms with van der Waals surface area (Å²) in [5.41, 5.74) is -1.83. The number of nitrogens with one attached hydrogen (secondary N) is 1. The number of carbonyl (C=O) groups excluding carboxylic acids is 1. The highest BCUT2D eigenvalue weighted by Crippen LogP contribution is 2.51. The van der Waals surface area contributed by atoms with Crippen LogP contribution in [0.2, 0.25) is 0 Å². The molecule has 21 heavy (non-hydrogen) atoms. The van der Waals surface area contributed by atoms with E-state index in [1.54, 1.807) is 0 Å². The van der Waals surface area contributed by atoms with Crippen LogP contribution in [0.5, 0.6) is 0 Å². The first-order valence-corrected chi connectivity index (χ1v) is 7.66. The molecule has 3 unspecified atom stereocenters. The van der Waals surface area contributed by atoms with Crippen LogP contribution in [0.1, 0.15) is 46.5 Å². The fraction of sp³-hybridized carbons (Fsp3) is 0.750. The number of aliphatic carboxylic acids is 1. The summed E-state index contributed by atoms with van der Waals surface area (Å²) >= 11 is 0. The van der Waals surface area contributed by atoms with Gasteiger partial charge < -0.3 is 15.2 Å². The lowest BCUT2D eigenvalue weighted by Gasteiger charge is -2.58. The molecule has 0 bridgehead atoms. The van der Waals surface area contributed by atoms with Gasteiger partial charge in [-0.2, -0.15) is 0 Å². The van der Waals surface area contributed by atoms with Crippen LogP contribution in [0.25, 0.3) is 0 Å². The van der Waals surface area contributed by atoms with Crippen LogP contribution in [0.3, 0.4) is 0 Å². The highest BCUT2D eigenvalue weighted by atomic mass is 16.5. The quantitative estimate of drug-likeness (QED) is 0.736. The molecule has 5 heteroatoms. The highest BCUT2D eigenvalue weighted by molar-refractivity contribution is 5.89. The summed E-state index contributed by atoms with van der Waals surface area (Å²) < 4.78 is 5.59. The Morgan fingerprint density at radius 3 is 2.62 bits per heavy atom. The van der Waals surface area contributed by atoms with Gasteiger partial charge in [-0.25, -0.2) is 4.79 Å². The van der Waals surface area contributed by atoms with Crippen molar-refractivity contribution >= 4 is 11.9 Å². The lowest BCUT2D eigenvalue weighted by molar-refractivity contribution is -0.194. The van der Waals surface area contributed by atoms with Gasteiger partial charge in [0.1, 0.15) is 5.54 Å². The molecular formula is C16H25NO4. The van der Waals surface area contributed by atoms with Crippen molar-refractivity contribution in [2.75, 3.05) is 6.61 Å². The van der Waals surface area contributed by atoms with E-state index in [0.717, 1.165) is 12.8 Å². The summed E-state index contributed by atoms with van der Waals surface area (Å²) in [6, 6.07) is 0. The molecular weight excluding hydrogens is 270 g/mol. The van der Waals surface area contributed by atoms with Crippen molar-refractivity contribution < 1.29 is 19.4 Å². The van der Waals surface area contributed by atoms with Crippen LogP contribution >= 0.6 is 0 Å². The summed E-state index contributed by atoms with van der Waals surface area (Å²) in [5, 5.41) is 12.4. The van der Waals surface area contributed by atoms with E-state index in [0.29, 0.717) is 19.4 Å². The number of hydrogen-bond acceptors (Lipinski definition) is 3.